The predicted molar refractivity (Wildman–Crippen MR) is 64.1 cm³/mol. The van der Waals surface area contributed by atoms with Crippen molar-refractivity contribution in [3.05, 3.63) is 22.1 Å². The van der Waals surface area contributed by atoms with Gasteiger partial charge in [0.1, 0.15) is 0 Å². The van der Waals surface area contributed by atoms with Gasteiger partial charge >= 0.3 is 0 Å². The van der Waals surface area contributed by atoms with Crippen molar-refractivity contribution in [3.63, 3.8) is 0 Å². The first-order valence-corrected chi connectivity index (χ1v) is 6.16. The van der Waals surface area contributed by atoms with Gasteiger partial charge in [0.2, 0.25) is 0 Å². The van der Waals surface area contributed by atoms with Gasteiger partial charge in [-0.05, 0) is 23.8 Å². The van der Waals surface area contributed by atoms with Gasteiger partial charge in [-0.15, -0.1) is 0 Å². The van der Waals surface area contributed by atoms with Crippen molar-refractivity contribution in [2.24, 2.45) is 11.7 Å². The van der Waals surface area contributed by atoms with Crippen LogP contribution in [-0.4, -0.2) is 10.1 Å². The third-order valence-electron chi connectivity index (χ3n) is 2.54. The molecule has 0 saturated carbocycles. The maximum atomic E-state index is 5.96. The van der Waals surface area contributed by atoms with E-state index in [0.717, 1.165) is 11.1 Å². The summed E-state index contributed by atoms with van der Waals surface area (Å²) in [4.78, 5) is 4.34. The van der Waals surface area contributed by atoms with Crippen LogP contribution in [0.1, 0.15) is 31.3 Å². The Kier molecular flexibility index (Phi) is 3.07. The predicted octanol–water partition coefficient (Wildman–Crippen LogP) is 2.76. The lowest BCUT2D eigenvalue weighted by molar-refractivity contribution is 0.400. The Morgan fingerprint density at radius 3 is 2.69 bits per heavy atom. The number of rotatable bonds is 3. The van der Waals surface area contributed by atoms with E-state index in [1.165, 1.54) is 0 Å². The van der Waals surface area contributed by atoms with E-state index in [9.17, 15) is 0 Å². The minimum atomic E-state index is -0.170. The van der Waals surface area contributed by atoms with Crippen molar-refractivity contribution in [2.45, 2.75) is 26.8 Å². The zero-order valence-corrected chi connectivity index (χ0v) is 10.4. The second kappa shape index (κ2) is 4.35. The molecule has 1 unspecified atom stereocenters. The minimum Gasteiger partial charge on any atom is -0.334 e. The zero-order valence-electron chi connectivity index (χ0n) is 9.60. The minimum absolute atomic E-state index is 0.170. The second-order valence-electron chi connectivity index (χ2n) is 4.20. The molecule has 0 fully saturated rings. The van der Waals surface area contributed by atoms with E-state index in [1.807, 2.05) is 26.2 Å². The molecule has 0 aliphatic heterocycles. The largest absolute Gasteiger partial charge is 0.334 e. The number of nitrogens with two attached hydrogens (primary N) is 1. The monoisotopic (exact) mass is 237 g/mol. The summed E-state index contributed by atoms with van der Waals surface area (Å²) in [5.74, 6) is 1.44. The number of thiophene rings is 1. The van der Waals surface area contributed by atoms with Crippen LogP contribution in [0.3, 0.4) is 0 Å². The molecule has 4 nitrogen and oxygen atoms in total. The number of hydrogen-bond donors (Lipinski definition) is 1. The molecule has 0 saturated heterocycles. The van der Waals surface area contributed by atoms with Gasteiger partial charge in [0.15, 0.2) is 5.82 Å². The second-order valence-corrected chi connectivity index (χ2v) is 4.94. The molecule has 1 atom stereocenters. The van der Waals surface area contributed by atoms with Crippen LogP contribution >= 0.6 is 11.3 Å². The fourth-order valence-corrected chi connectivity index (χ4v) is 2.18. The summed E-state index contributed by atoms with van der Waals surface area (Å²) in [5, 5.41) is 7.99. The van der Waals surface area contributed by atoms with Crippen LogP contribution in [-0.2, 0) is 0 Å². The van der Waals surface area contributed by atoms with Gasteiger partial charge < -0.3 is 10.3 Å². The van der Waals surface area contributed by atoms with Crippen LogP contribution in [0.5, 0.6) is 0 Å². The summed E-state index contributed by atoms with van der Waals surface area (Å²) in [7, 11) is 0. The highest BCUT2D eigenvalue weighted by atomic mass is 32.1. The Hall–Kier alpha value is -1.20. The summed E-state index contributed by atoms with van der Waals surface area (Å²) >= 11 is 1.63. The van der Waals surface area contributed by atoms with Crippen LogP contribution in [0, 0.1) is 12.8 Å². The molecular formula is C11H15N3OS. The molecule has 2 rings (SSSR count). The Morgan fingerprint density at radius 2 is 2.12 bits per heavy atom. The first-order valence-electron chi connectivity index (χ1n) is 5.22. The molecule has 0 aliphatic carbocycles. The van der Waals surface area contributed by atoms with E-state index in [-0.39, 0.29) is 6.04 Å². The van der Waals surface area contributed by atoms with Crippen molar-refractivity contribution in [3.8, 4) is 11.5 Å². The van der Waals surface area contributed by atoms with Crippen molar-refractivity contribution in [1.29, 1.82) is 0 Å². The molecule has 0 spiro atoms. The van der Waals surface area contributed by atoms with Gasteiger partial charge in [0.05, 0.1) is 11.6 Å². The maximum absolute atomic E-state index is 5.96. The molecule has 0 aromatic carbocycles. The number of nitrogens with zero attached hydrogens (tertiary/aromatic N) is 2. The lowest BCUT2D eigenvalue weighted by Gasteiger charge is -2.09. The van der Waals surface area contributed by atoms with Crippen LogP contribution in [0.25, 0.3) is 11.5 Å². The molecule has 5 heteroatoms. The quantitative estimate of drug-likeness (QED) is 0.891. The smallest absolute Gasteiger partial charge is 0.259 e. The van der Waals surface area contributed by atoms with E-state index >= 15 is 0 Å². The normalized spacial score (nSPS) is 13.3. The third-order valence-corrected chi connectivity index (χ3v) is 3.41. The number of hydrogen-bond acceptors (Lipinski definition) is 5. The molecule has 2 aromatic rings. The molecule has 0 amide bonds. The third kappa shape index (κ3) is 2.01. The Bertz CT molecular complexity index is 475. The fraction of sp³-hybridized carbons (Fsp3) is 0.455. The van der Waals surface area contributed by atoms with Crippen LogP contribution in [0.15, 0.2) is 15.3 Å². The molecule has 2 aromatic heterocycles. The van der Waals surface area contributed by atoms with Crippen molar-refractivity contribution >= 4 is 11.3 Å². The molecule has 0 radical (unpaired) electrons. The van der Waals surface area contributed by atoms with Crippen LogP contribution in [0.2, 0.25) is 0 Å². The lowest BCUT2D eigenvalue weighted by atomic mass is 10.1. The Balaban J connectivity index is 2.30. The summed E-state index contributed by atoms with van der Waals surface area (Å²) < 4.78 is 5.23. The van der Waals surface area contributed by atoms with Crippen LogP contribution in [0.4, 0.5) is 0 Å². The topological polar surface area (TPSA) is 64.9 Å². The maximum Gasteiger partial charge on any atom is 0.259 e. The van der Waals surface area contributed by atoms with Crippen LogP contribution < -0.4 is 5.73 Å². The van der Waals surface area contributed by atoms with E-state index < -0.39 is 0 Å². The SMILES string of the molecule is Cc1cscc1-c1nc(C(N)C(C)C)no1. The molecule has 86 valence electrons. The Labute approximate surface area is 98.5 Å². The standard InChI is InChI=1S/C11H15N3OS/c1-6(2)9(12)10-13-11(15-14-10)8-5-16-4-7(8)3/h4-6,9H,12H2,1-3H3. The first-order chi connectivity index (χ1) is 7.59. The van der Waals surface area contributed by atoms with Gasteiger partial charge in [-0.2, -0.15) is 16.3 Å². The highest BCUT2D eigenvalue weighted by Gasteiger charge is 2.18. The van der Waals surface area contributed by atoms with E-state index in [2.05, 4.69) is 15.5 Å². The van der Waals surface area contributed by atoms with Gasteiger partial charge in [0, 0.05) is 5.38 Å². The summed E-state index contributed by atoms with van der Waals surface area (Å²) in [6.45, 7) is 6.10. The van der Waals surface area contributed by atoms with E-state index in [4.69, 9.17) is 10.3 Å². The first kappa shape index (κ1) is 11.3. The summed E-state index contributed by atoms with van der Waals surface area (Å²) in [6, 6.07) is -0.170. The molecule has 0 aliphatic rings. The molecule has 2 N–H and O–H groups in total. The van der Waals surface area contributed by atoms with Gasteiger partial charge in [0.25, 0.3) is 5.89 Å². The molecular weight excluding hydrogens is 222 g/mol. The molecule has 0 bridgehead atoms. The van der Waals surface area contributed by atoms with Gasteiger partial charge in [-0.25, -0.2) is 0 Å². The van der Waals surface area contributed by atoms with Crippen molar-refractivity contribution in [2.75, 3.05) is 0 Å². The van der Waals surface area contributed by atoms with Crippen molar-refractivity contribution in [1.82, 2.24) is 10.1 Å². The fourth-order valence-electron chi connectivity index (χ4n) is 1.36. The average molecular weight is 237 g/mol. The van der Waals surface area contributed by atoms with Crippen molar-refractivity contribution < 1.29 is 4.52 Å². The average Bonchev–Trinajstić information content (AvgIpc) is 2.84. The number of aromatic nitrogens is 2. The molecule has 2 heterocycles. The van der Waals surface area contributed by atoms with E-state index in [0.29, 0.717) is 17.6 Å². The van der Waals surface area contributed by atoms with E-state index in [1.54, 1.807) is 11.3 Å². The number of aryl methyl sites for hydroxylation is 1. The Morgan fingerprint density at radius 1 is 1.38 bits per heavy atom. The summed E-state index contributed by atoms with van der Waals surface area (Å²) in [5.41, 5.74) is 8.11. The van der Waals surface area contributed by atoms with Gasteiger partial charge in [-0.1, -0.05) is 19.0 Å². The highest BCUT2D eigenvalue weighted by Crippen LogP contribution is 2.26. The molecule has 16 heavy (non-hydrogen) atoms. The highest BCUT2D eigenvalue weighted by molar-refractivity contribution is 7.08. The summed E-state index contributed by atoms with van der Waals surface area (Å²) in [6.07, 6.45) is 0. The lowest BCUT2D eigenvalue weighted by Crippen LogP contribution is -2.18. The zero-order chi connectivity index (χ0) is 11.7. The van der Waals surface area contributed by atoms with Gasteiger partial charge in [-0.3, -0.25) is 0 Å².